The van der Waals surface area contributed by atoms with E-state index in [1.165, 1.54) is 11.1 Å². The van der Waals surface area contributed by atoms with Gasteiger partial charge in [-0.2, -0.15) is 0 Å². The number of halogens is 1. The zero-order valence-electron chi connectivity index (χ0n) is 18.7. The van der Waals surface area contributed by atoms with Crippen LogP contribution in [-0.4, -0.2) is 72.3 Å². The van der Waals surface area contributed by atoms with Crippen LogP contribution < -0.4 is 15.0 Å². The molecule has 3 aromatic rings. The molecule has 1 saturated heterocycles. The molecular weight excluding hydrogens is 480 g/mol. The maximum Gasteiger partial charge on any atom is 0.296 e. The molecule has 3 heterocycles. The maximum atomic E-state index is 13.1. The van der Waals surface area contributed by atoms with Crippen LogP contribution in [0.1, 0.15) is 26.4 Å². The summed E-state index contributed by atoms with van der Waals surface area (Å²) in [6.07, 6.45) is 1.41. The lowest BCUT2D eigenvalue weighted by Crippen LogP contribution is -2.38. The molecule has 1 aliphatic heterocycles. The lowest BCUT2D eigenvalue weighted by Gasteiger charge is -2.30. The van der Waals surface area contributed by atoms with Gasteiger partial charge in [0.1, 0.15) is 12.3 Å². The molecule has 0 saturated carbocycles. The summed E-state index contributed by atoms with van der Waals surface area (Å²) in [5.74, 6) is -0.647. The summed E-state index contributed by atoms with van der Waals surface area (Å²) in [6.45, 7) is 2.56. The summed E-state index contributed by atoms with van der Waals surface area (Å²) < 4.78 is 11.1. The van der Waals surface area contributed by atoms with Crippen LogP contribution in [0.3, 0.4) is 0 Å². The highest BCUT2D eigenvalue weighted by molar-refractivity contribution is 7.17. The van der Waals surface area contributed by atoms with Crippen molar-refractivity contribution in [2.75, 3.05) is 50.6 Å². The highest BCUT2D eigenvalue weighted by Gasteiger charge is 2.23. The Morgan fingerprint density at radius 3 is 2.65 bits per heavy atom. The first-order valence-corrected chi connectivity index (χ1v) is 11.7. The summed E-state index contributed by atoms with van der Waals surface area (Å²) in [6, 6.07) is 8.92. The van der Waals surface area contributed by atoms with E-state index in [0.29, 0.717) is 54.4 Å². The number of hydrogen-bond acceptors (Lipinski definition) is 9. The van der Waals surface area contributed by atoms with E-state index in [2.05, 4.69) is 20.5 Å². The van der Waals surface area contributed by atoms with Gasteiger partial charge < -0.3 is 19.3 Å². The number of pyridine rings is 1. The van der Waals surface area contributed by atoms with Crippen molar-refractivity contribution in [2.45, 2.75) is 6.61 Å². The first-order valence-electron chi connectivity index (χ1n) is 10.5. The van der Waals surface area contributed by atoms with Gasteiger partial charge >= 0.3 is 0 Å². The third-order valence-electron chi connectivity index (χ3n) is 5.01. The molecule has 1 aromatic carbocycles. The van der Waals surface area contributed by atoms with Gasteiger partial charge in [0.15, 0.2) is 0 Å². The van der Waals surface area contributed by atoms with Crippen LogP contribution in [0.25, 0.3) is 0 Å². The average Bonchev–Trinajstić information content (AvgIpc) is 3.30. The number of morpholine rings is 1. The van der Waals surface area contributed by atoms with Crippen LogP contribution in [0.4, 0.5) is 10.8 Å². The Morgan fingerprint density at radius 1 is 1.21 bits per heavy atom. The molecule has 0 radical (unpaired) electrons. The van der Waals surface area contributed by atoms with Crippen molar-refractivity contribution in [1.29, 1.82) is 0 Å². The van der Waals surface area contributed by atoms with Crippen LogP contribution in [0.5, 0.6) is 5.19 Å². The number of aromatic nitrogens is 3. The van der Waals surface area contributed by atoms with Crippen molar-refractivity contribution in [3.8, 4) is 5.19 Å². The third kappa shape index (κ3) is 5.79. The summed E-state index contributed by atoms with van der Waals surface area (Å²) in [7, 11) is 3.31. The van der Waals surface area contributed by atoms with Crippen LogP contribution >= 0.6 is 22.9 Å². The van der Waals surface area contributed by atoms with Gasteiger partial charge in [0, 0.05) is 38.4 Å². The van der Waals surface area contributed by atoms with E-state index < -0.39 is 5.91 Å². The Kier molecular flexibility index (Phi) is 7.56. The summed E-state index contributed by atoms with van der Waals surface area (Å²) in [5.41, 5.74) is 2.14. The van der Waals surface area contributed by atoms with Crippen molar-refractivity contribution < 1.29 is 19.1 Å². The predicted molar refractivity (Wildman–Crippen MR) is 129 cm³/mol. The fraction of sp³-hybridized carbons (Fsp3) is 0.318. The SMILES string of the molecule is CN(C)C(=O)c1cc(N2CCOCC2)c(C(=O)Nc2nnc(OCc3ccc(Cl)cc3)s2)cn1. The normalized spacial score (nSPS) is 13.4. The number of ether oxygens (including phenoxy) is 2. The van der Waals surface area contributed by atoms with Gasteiger partial charge in [0.2, 0.25) is 5.13 Å². The van der Waals surface area contributed by atoms with Gasteiger partial charge in [-0.1, -0.05) is 28.8 Å². The van der Waals surface area contributed by atoms with Crippen molar-refractivity contribution in [3.63, 3.8) is 0 Å². The van der Waals surface area contributed by atoms with Crippen LogP contribution in [-0.2, 0) is 11.3 Å². The van der Waals surface area contributed by atoms with E-state index in [-0.39, 0.29) is 16.7 Å². The highest BCUT2D eigenvalue weighted by atomic mass is 35.5. The predicted octanol–water partition coefficient (Wildman–Crippen LogP) is 2.96. The van der Waals surface area contributed by atoms with E-state index in [1.54, 1.807) is 32.3 Å². The average molecular weight is 503 g/mol. The summed E-state index contributed by atoms with van der Waals surface area (Å²) in [4.78, 5) is 33.2. The van der Waals surface area contributed by atoms with Crippen molar-refractivity contribution in [2.24, 2.45) is 0 Å². The third-order valence-corrected chi connectivity index (χ3v) is 6.01. The molecule has 4 rings (SSSR count). The van der Waals surface area contributed by atoms with Crippen molar-refractivity contribution in [1.82, 2.24) is 20.1 Å². The smallest absolute Gasteiger partial charge is 0.296 e. The topological polar surface area (TPSA) is 110 Å². The first-order chi connectivity index (χ1) is 16.4. The number of rotatable bonds is 7. The molecule has 12 heteroatoms. The lowest BCUT2D eigenvalue weighted by atomic mass is 10.1. The molecule has 0 bridgehead atoms. The van der Waals surface area contributed by atoms with Gasteiger partial charge in [-0.15, -0.1) is 5.10 Å². The summed E-state index contributed by atoms with van der Waals surface area (Å²) >= 11 is 7.01. The van der Waals surface area contributed by atoms with Crippen LogP contribution in [0.15, 0.2) is 36.5 Å². The Morgan fingerprint density at radius 2 is 1.94 bits per heavy atom. The molecule has 2 aromatic heterocycles. The number of anilines is 2. The fourth-order valence-corrected chi connectivity index (χ4v) is 3.96. The fourth-order valence-electron chi connectivity index (χ4n) is 3.24. The minimum atomic E-state index is -0.404. The Bertz CT molecular complexity index is 1160. The maximum absolute atomic E-state index is 13.1. The Balaban J connectivity index is 1.48. The van der Waals surface area contributed by atoms with E-state index in [1.807, 2.05) is 17.0 Å². The van der Waals surface area contributed by atoms with Gasteiger partial charge in [-0.05, 0) is 35.1 Å². The Hall–Kier alpha value is -3.28. The molecule has 1 N–H and O–H groups in total. The molecule has 10 nitrogen and oxygen atoms in total. The first kappa shape index (κ1) is 23.9. The number of benzene rings is 1. The van der Waals surface area contributed by atoms with Crippen molar-refractivity contribution >= 4 is 45.6 Å². The van der Waals surface area contributed by atoms with Gasteiger partial charge in [-0.25, -0.2) is 0 Å². The zero-order valence-corrected chi connectivity index (χ0v) is 20.2. The summed E-state index contributed by atoms with van der Waals surface area (Å²) in [5, 5.41) is 12.0. The number of carbonyl (C=O) groups is 2. The number of nitrogens with one attached hydrogen (secondary N) is 1. The minimum Gasteiger partial charge on any atom is -0.464 e. The lowest BCUT2D eigenvalue weighted by molar-refractivity contribution is 0.0821. The molecule has 0 spiro atoms. The molecule has 0 atom stereocenters. The largest absolute Gasteiger partial charge is 0.464 e. The van der Waals surface area contributed by atoms with Crippen LogP contribution in [0, 0.1) is 0 Å². The van der Waals surface area contributed by atoms with E-state index >= 15 is 0 Å². The van der Waals surface area contributed by atoms with Gasteiger partial charge in [0.25, 0.3) is 17.0 Å². The van der Waals surface area contributed by atoms with Gasteiger partial charge in [-0.3, -0.25) is 19.9 Å². The van der Waals surface area contributed by atoms with Crippen molar-refractivity contribution in [3.05, 3.63) is 58.4 Å². The van der Waals surface area contributed by atoms with Crippen LogP contribution in [0.2, 0.25) is 5.02 Å². The monoisotopic (exact) mass is 502 g/mol. The molecule has 178 valence electrons. The molecule has 34 heavy (non-hydrogen) atoms. The molecule has 0 unspecified atom stereocenters. The number of amides is 2. The highest BCUT2D eigenvalue weighted by Crippen LogP contribution is 2.27. The van der Waals surface area contributed by atoms with E-state index in [4.69, 9.17) is 21.1 Å². The second-order valence-corrected chi connectivity index (χ2v) is 9.00. The minimum absolute atomic E-state index is 0.243. The Labute approximate surface area is 205 Å². The number of carbonyl (C=O) groups excluding carboxylic acids is 2. The van der Waals surface area contributed by atoms with E-state index in [9.17, 15) is 9.59 Å². The number of nitrogens with zero attached hydrogens (tertiary/aromatic N) is 5. The molecule has 1 aliphatic rings. The molecule has 0 aliphatic carbocycles. The quantitative estimate of drug-likeness (QED) is 0.525. The molecule has 2 amide bonds. The zero-order chi connectivity index (χ0) is 24.1. The molecular formula is C22H23ClN6O4S. The van der Waals surface area contributed by atoms with Gasteiger partial charge in [0.05, 0.1) is 24.5 Å². The van der Waals surface area contributed by atoms with E-state index in [0.717, 1.165) is 16.9 Å². The second-order valence-electron chi connectivity index (χ2n) is 7.63. The molecule has 1 fully saturated rings. The standard InChI is InChI=1S/C22H23ClN6O4S/c1-28(2)20(31)17-11-18(29-7-9-32-10-8-29)16(12-24-17)19(30)25-21-26-27-22(34-21)33-13-14-3-5-15(23)6-4-14/h3-6,11-12H,7-10,13H2,1-2H3,(H,25,26,30). The second kappa shape index (κ2) is 10.8. The number of hydrogen-bond donors (Lipinski definition) is 1.